The third-order valence-corrected chi connectivity index (χ3v) is 18.0. The minimum absolute atomic E-state index is 0.523. The Morgan fingerprint density at radius 3 is 1.06 bits per heavy atom. The molecule has 13 aromatic rings. The lowest BCUT2D eigenvalue weighted by molar-refractivity contribution is 0.436. The maximum Gasteiger partial charge on any atom is 0.132 e. The highest BCUT2D eigenvalue weighted by atomic mass is 16.5. The van der Waals surface area contributed by atoms with Crippen LogP contribution in [0.15, 0.2) is 309 Å². The minimum atomic E-state index is -0.545. The highest BCUT2D eigenvalue weighted by Gasteiger charge is 2.52. The van der Waals surface area contributed by atoms with Crippen molar-refractivity contribution in [2.75, 3.05) is 4.90 Å². The molecule has 3 nitrogen and oxygen atoms in total. The van der Waals surface area contributed by atoms with Crippen LogP contribution in [0, 0.1) is 0 Å². The van der Waals surface area contributed by atoms with Crippen LogP contribution < -0.4 is 14.4 Å². The summed E-state index contributed by atoms with van der Waals surface area (Å²) in [5, 5.41) is 0. The number of anilines is 3. The summed E-state index contributed by atoms with van der Waals surface area (Å²) in [5.74, 6) is 3.58. The van der Waals surface area contributed by atoms with E-state index in [1.54, 1.807) is 0 Å². The smallest absolute Gasteiger partial charge is 0.132 e. The summed E-state index contributed by atoms with van der Waals surface area (Å²) in [4.78, 5) is 2.40. The van der Waals surface area contributed by atoms with Crippen molar-refractivity contribution in [2.24, 2.45) is 0 Å². The molecule has 2 heterocycles. The second kappa shape index (κ2) is 18.4. The van der Waals surface area contributed by atoms with Gasteiger partial charge in [-0.25, -0.2) is 0 Å². The van der Waals surface area contributed by atoms with E-state index >= 15 is 0 Å². The molecule has 0 saturated heterocycles. The largest absolute Gasteiger partial charge is 0.457 e. The van der Waals surface area contributed by atoms with Gasteiger partial charge >= 0.3 is 0 Å². The Kier molecular flexibility index (Phi) is 10.4. The van der Waals surface area contributed by atoms with Gasteiger partial charge in [-0.2, -0.15) is 0 Å². The van der Waals surface area contributed by atoms with Crippen LogP contribution in [0.2, 0.25) is 0 Å². The van der Waals surface area contributed by atoms with E-state index in [0.29, 0.717) is 0 Å². The fourth-order valence-corrected chi connectivity index (χ4v) is 14.4. The van der Waals surface area contributed by atoms with E-state index in [0.717, 1.165) is 90.1 Å². The van der Waals surface area contributed by atoms with E-state index in [1.165, 1.54) is 61.2 Å². The summed E-state index contributed by atoms with van der Waals surface area (Å²) in [7, 11) is 0. The summed E-state index contributed by atoms with van der Waals surface area (Å²) >= 11 is 0. The normalized spacial score (nSPS) is 13.7. The quantitative estimate of drug-likeness (QED) is 0.159. The molecular formula is C80H51NO2. The van der Waals surface area contributed by atoms with Gasteiger partial charge in [-0.05, 0) is 162 Å². The maximum atomic E-state index is 6.66. The first kappa shape index (κ1) is 47.1. The first-order valence-electron chi connectivity index (χ1n) is 28.6. The lowest BCUT2D eigenvalue weighted by Gasteiger charge is -2.39. The molecule has 0 N–H and O–H groups in total. The van der Waals surface area contributed by atoms with Gasteiger partial charge in [0.25, 0.3) is 0 Å². The molecule has 83 heavy (non-hydrogen) atoms. The van der Waals surface area contributed by atoms with E-state index in [1.807, 2.05) is 0 Å². The summed E-state index contributed by atoms with van der Waals surface area (Å²) in [5.41, 5.74) is 26.2. The molecule has 0 unspecified atom stereocenters. The lowest BCUT2D eigenvalue weighted by atomic mass is 9.66. The molecule has 2 aliphatic heterocycles. The highest BCUT2D eigenvalue weighted by Crippen LogP contribution is 2.64. The standard InChI is InChI=1S/C80H51NO2/c1-2-17-52(18-3-1)53-33-35-54(36-34-53)55-37-43-60(44-38-55)81(61-45-39-56(40-46-61)59-41-47-65-63-21-4-6-23-67(63)80(74(65)51-59)72-27-10-14-31-77(72)83-78-32-15-11-28-73(78)80)62-20-16-19-57(49-62)58-42-48-69-66(50-58)64-22-5-7-24-68(64)79(69)70-25-8-12-29-75(70)82-76-30-13-9-26-71(76)79/h1-51H. The molecule has 0 saturated carbocycles. The molecule has 17 rings (SSSR count). The van der Waals surface area contributed by atoms with Gasteiger partial charge in [0, 0.05) is 39.3 Å². The molecule has 13 aromatic carbocycles. The highest BCUT2D eigenvalue weighted by molar-refractivity contribution is 5.93. The molecule has 0 fully saturated rings. The van der Waals surface area contributed by atoms with Crippen molar-refractivity contribution in [1.29, 1.82) is 0 Å². The molecule has 0 radical (unpaired) electrons. The van der Waals surface area contributed by atoms with Crippen molar-refractivity contribution < 1.29 is 9.47 Å². The Hall–Kier alpha value is -10.7. The van der Waals surface area contributed by atoms with E-state index < -0.39 is 10.8 Å². The molecule has 0 bridgehead atoms. The SMILES string of the molecule is c1ccc(-c2ccc(-c3ccc(N(c4ccc(-c5ccc6c(c5)C5(c7ccccc7Oc7ccccc75)c5ccccc5-6)cc4)c4cccc(-c5ccc6c(c5)-c5ccccc5C65c6ccccc6Oc6ccccc65)c4)cc3)cc2)cc1. The summed E-state index contributed by atoms with van der Waals surface area (Å²) < 4.78 is 13.3. The van der Waals surface area contributed by atoms with Crippen molar-refractivity contribution in [3.05, 3.63) is 354 Å². The number of ether oxygens (including phenoxy) is 2. The van der Waals surface area contributed by atoms with Crippen LogP contribution in [-0.2, 0) is 10.8 Å². The van der Waals surface area contributed by atoms with E-state index in [-0.39, 0.29) is 0 Å². The molecule has 2 spiro atoms. The van der Waals surface area contributed by atoms with Crippen LogP contribution >= 0.6 is 0 Å². The fraction of sp³-hybridized carbons (Fsp3) is 0.0250. The van der Waals surface area contributed by atoms with Crippen molar-refractivity contribution in [2.45, 2.75) is 10.8 Å². The van der Waals surface area contributed by atoms with Crippen molar-refractivity contribution in [3.8, 4) is 89.8 Å². The summed E-state index contributed by atoms with van der Waals surface area (Å²) in [6, 6.07) is 113. The predicted molar refractivity (Wildman–Crippen MR) is 338 cm³/mol. The number of para-hydroxylation sites is 4. The molecule has 0 atom stereocenters. The lowest BCUT2D eigenvalue weighted by Crippen LogP contribution is -2.32. The number of nitrogens with zero attached hydrogens (tertiary/aromatic N) is 1. The first-order chi connectivity index (χ1) is 41.1. The number of rotatable bonds is 7. The van der Waals surface area contributed by atoms with Crippen LogP contribution in [0.5, 0.6) is 23.0 Å². The van der Waals surface area contributed by atoms with E-state index in [9.17, 15) is 0 Å². The van der Waals surface area contributed by atoms with Gasteiger partial charge in [0.1, 0.15) is 23.0 Å². The molecule has 0 amide bonds. The third-order valence-electron chi connectivity index (χ3n) is 18.0. The van der Waals surface area contributed by atoms with E-state index in [4.69, 9.17) is 9.47 Å². The molecule has 388 valence electrons. The predicted octanol–water partition coefficient (Wildman–Crippen LogP) is 20.8. The minimum Gasteiger partial charge on any atom is -0.457 e. The van der Waals surface area contributed by atoms with Crippen LogP contribution in [0.3, 0.4) is 0 Å². The van der Waals surface area contributed by atoms with Gasteiger partial charge in [-0.15, -0.1) is 0 Å². The number of hydrogen-bond donors (Lipinski definition) is 0. The third kappa shape index (κ3) is 6.98. The fourth-order valence-electron chi connectivity index (χ4n) is 14.4. The van der Waals surface area contributed by atoms with Crippen LogP contribution in [0.1, 0.15) is 44.5 Å². The van der Waals surface area contributed by atoms with Gasteiger partial charge in [-0.3, -0.25) is 0 Å². The molecular weight excluding hydrogens is 1010 g/mol. The van der Waals surface area contributed by atoms with Gasteiger partial charge in [-0.1, -0.05) is 237 Å². The van der Waals surface area contributed by atoms with Gasteiger partial charge in [0.05, 0.1) is 10.8 Å². The monoisotopic (exact) mass is 1060 g/mol. The molecule has 0 aromatic heterocycles. The summed E-state index contributed by atoms with van der Waals surface area (Å²) in [6.45, 7) is 0. The zero-order valence-electron chi connectivity index (χ0n) is 45.2. The molecule has 4 aliphatic rings. The van der Waals surface area contributed by atoms with Crippen LogP contribution in [0.25, 0.3) is 66.8 Å². The zero-order chi connectivity index (χ0) is 54.6. The van der Waals surface area contributed by atoms with Crippen molar-refractivity contribution in [1.82, 2.24) is 0 Å². The Morgan fingerprint density at radius 2 is 0.530 bits per heavy atom. The number of benzene rings is 13. The van der Waals surface area contributed by atoms with Gasteiger partial charge in [0.2, 0.25) is 0 Å². The Morgan fingerprint density at radius 1 is 0.193 bits per heavy atom. The number of hydrogen-bond acceptors (Lipinski definition) is 3. The van der Waals surface area contributed by atoms with Crippen molar-refractivity contribution in [3.63, 3.8) is 0 Å². The average Bonchev–Trinajstić information content (AvgIpc) is 1.80. The topological polar surface area (TPSA) is 21.7 Å². The van der Waals surface area contributed by atoms with E-state index in [2.05, 4.69) is 314 Å². The Labute approximate surface area is 483 Å². The van der Waals surface area contributed by atoms with Crippen molar-refractivity contribution >= 4 is 17.1 Å². The molecule has 3 heteroatoms. The van der Waals surface area contributed by atoms with Gasteiger partial charge in [0.15, 0.2) is 0 Å². The second-order valence-electron chi connectivity index (χ2n) is 22.2. The van der Waals surface area contributed by atoms with Crippen LogP contribution in [-0.4, -0.2) is 0 Å². The Bertz CT molecular complexity index is 4640. The average molecular weight is 1060 g/mol. The zero-order valence-corrected chi connectivity index (χ0v) is 45.2. The summed E-state index contributed by atoms with van der Waals surface area (Å²) in [6.07, 6.45) is 0. The first-order valence-corrected chi connectivity index (χ1v) is 28.6. The maximum absolute atomic E-state index is 6.66. The van der Waals surface area contributed by atoms with Crippen LogP contribution in [0.4, 0.5) is 17.1 Å². The molecule has 2 aliphatic carbocycles. The number of fused-ring (bicyclic) bond motifs is 18. The van der Waals surface area contributed by atoms with Gasteiger partial charge < -0.3 is 14.4 Å². The second-order valence-corrected chi connectivity index (χ2v) is 22.2. The Balaban J connectivity index is 0.779.